The topological polar surface area (TPSA) is 75.6 Å². The van der Waals surface area contributed by atoms with Crippen molar-refractivity contribution >= 4 is 11.9 Å². The second-order valence-corrected chi connectivity index (χ2v) is 7.90. The summed E-state index contributed by atoms with van der Waals surface area (Å²) in [7, 11) is 0. The van der Waals surface area contributed by atoms with Gasteiger partial charge in [-0.2, -0.15) is 13.2 Å². The molecule has 5 nitrogen and oxygen atoms in total. The van der Waals surface area contributed by atoms with Crippen molar-refractivity contribution in [1.29, 1.82) is 0 Å². The predicted octanol–water partition coefficient (Wildman–Crippen LogP) is 6.46. The smallest absolute Gasteiger partial charge is 0.416 e. The Bertz CT molecular complexity index is 1270. The maximum Gasteiger partial charge on any atom is 0.416 e. The van der Waals surface area contributed by atoms with Crippen LogP contribution in [0, 0.1) is 11.6 Å². The van der Waals surface area contributed by atoms with Crippen molar-refractivity contribution in [3.8, 4) is 16.9 Å². The highest BCUT2D eigenvalue weighted by Crippen LogP contribution is 2.31. The minimum Gasteiger partial charge on any atom is -0.493 e. The number of hydrogen-bond acceptors (Lipinski definition) is 3. The summed E-state index contributed by atoms with van der Waals surface area (Å²) in [5.41, 5.74) is -1.11. The van der Waals surface area contributed by atoms with Crippen molar-refractivity contribution in [3.05, 3.63) is 88.5 Å². The number of amides is 1. The lowest BCUT2D eigenvalue weighted by Crippen LogP contribution is -2.24. The van der Waals surface area contributed by atoms with Gasteiger partial charge >= 0.3 is 12.1 Å². The van der Waals surface area contributed by atoms with Crippen LogP contribution in [-0.2, 0) is 12.7 Å². The molecule has 0 saturated heterocycles. The molecule has 0 heterocycles. The molecule has 3 rings (SSSR count). The number of carbonyl (C=O) groups excluding carboxylic acids is 1. The maximum absolute atomic E-state index is 14.6. The molecule has 0 unspecified atom stereocenters. The zero-order valence-electron chi connectivity index (χ0n) is 19.1. The third-order valence-electron chi connectivity index (χ3n) is 5.32. The number of unbranched alkanes of at least 4 members (excludes halogenated alkanes) is 1. The molecule has 0 bridgehead atoms. The van der Waals surface area contributed by atoms with Crippen LogP contribution in [0.5, 0.6) is 5.75 Å². The molecule has 0 saturated carbocycles. The van der Waals surface area contributed by atoms with Gasteiger partial charge in [-0.3, -0.25) is 4.79 Å². The predicted molar refractivity (Wildman–Crippen MR) is 122 cm³/mol. The number of benzene rings is 3. The maximum atomic E-state index is 14.6. The van der Waals surface area contributed by atoms with Gasteiger partial charge in [0.2, 0.25) is 0 Å². The first-order valence-electron chi connectivity index (χ1n) is 10.9. The molecule has 0 spiro atoms. The van der Waals surface area contributed by atoms with E-state index in [0.29, 0.717) is 29.5 Å². The summed E-state index contributed by atoms with van der Waals surface area (Å²) in [4.78, 5) is 23.6. The van der Waals surface area contributed by atoms with E-state index in [1.807, 2.05) is 6.92 Å². The first kappa shape index (κ1) is 26.7. The molecular weight excluding hydrogens is 485 g/mol. The summed E-state index contributed by atoms with van der Waals surface area (Å²) in [5, 5.41) is 11.5. The van der Waals surface area contributed by atoms with E-state index in [0.717, 1.165) is 25.0 Å². The quantitative estimate of drug-likeness (QED) is 0.258. The van der Waals surface area contributed by atoms with Crippen molar-refractivity contribution in [3.63, 3.8) is 0 Å². The Morgan fingerprint density at radius 3 is 2.33 bits per heavy atom. The van der Waals surface area contributed by atoms with Crippen molar-refractivity contribution in [2.75, 3.05) is 6.61 Å². The van der Waals surface area contributed by atoms with Crippen LogP contribution in [0.15, 0.2) is 54.6 Å². The summed E-state index contributed by atoms with van der Waals surface area (Å²) < 4.78 is 72.8. The van der Waals surface area contributed by atoms with Gasteiger partial charge in [0.05, 0.1) is 23.3 Å². The highest BCUT2D eigenvalue weighted by molar-refractivity contribution is 5.94. The lowest BCUT2D eigenvalue weighted by atomic mass is 10.00. The Hall–Kier alpha value is -3.95. The Balaban J connectivity index is 1.87. The van der Waals surface area contributed by atoms with Crippen molar-refractivity contribution < 1.29 is 41.4 Å². The van der Waals surface area contributed by atoms with E-state index < -0.39 is 40.8 Å². The van der Waals surface area contributed by atoms with Gasteiger partial charge in [-0.05, 0) is 54.4 Å². The van der Waals surface area contributed by atoms with Gasteiger partial charge in [-0.25, -0.2) is 13.6 Å². The lowest BCUT2D eigenvalue weighted by Gasteiger charge is -2.15. The SMILES string of the molecule is CCCCOc1ccc(-c2ccc(C(=O)O)cc2F)cc1CNC(=O)c1ccc(C(F)(F)F)cc1F. The number of halogens is 5. The zero-order chi connectivity index (χ0) is 26.5. The molecule has 2 N–H and O–H groups in total. The number of alkyl halides is 3. The van der Waals surface area contributed by atoms with Gasteiger partial charge < -0.3 is 15.2 Å². The minimum absolute atomic E-state index is 0.112. The van der Waals surface area contributed by atoms with E-state index in [-0.39, 0.29) is 23.7 Å². The molecule has 3 aromatic carbocycles. The Kier molecular flexibility index (Phi) is 8.29. The van der Waals surface area contributed by atoms with Crippen LogP contribution < -0.4 is 10.1 Å². The standard InChI is InChI=1S/C26H22F5NO4/c1-2-3-10-36-23-9-5-15(19-7-4-16(25(34)35)12-21(19)27)11-17(23)14-32-24(33)20-8-6-18(13-22(20)28)26(29,30)31/h4-9,11-13H,2-3,10,14H2,1H3,(H,32,33)(H,34,35). The van der Waals surface area contributed by atoms with Crippen LogP contribution in [0.2, 0.25) is 0 Å². The summed E-state index contributed by atoms with van der Waals surface area (Å²) in [6, 6.07) is 9.73. The third-order valence-corrected chi connectivity index (χ3v) is 5.32. The molecule has 1 amide bonds. The molecular formula is C26H22F5NO4. The van der Waals surface area contributed by atoms with Gasteiger partial charge in [-0.15, -0.1) is 0 Å². The molecule has 0 fully saturated rings. The largest absolute Gasteiger partial charge is 0.493 e. The fraction of sp³-hybridized carbons (Fsp3) is 0.231. The number of carboxylic acids is 1. The average Bonchev–Trinajstić information content (AvgIpc) is 2.82. The van der Waals surface area contributed by atoms with Gasteiger partial charge in [0, 0.05) is 17.7 Å². The van der Waals surface area contributed by atoms with E-state index in [1.54, 1.807) is 12.1 Å². The highest BCUT2D eigenvalue weighted by atomic mass is 19.4. The number of carboxylic acid groups (broad SMARTS) is 1. The van der Waals surface area contributed by atoms with Gasteiger partial charge in [0.25, 0.3) is 5.91 Å². The lowest BCUT2D eigenvalue weighted by molar-refractivity contribution is -0.137. The molecule has 3 aromatic rings. The molecule has 0 atom stereocenters. The van der Waals surface area contributed by atoms with Crippen LogP contribution in [0.1, 0.15) is 51.6 Å². The average molecular weight is 507 g/mol. The third kappa shape index (κ3) is 6.38. The number of ether oxygens (including phenoxy) is 1. The second kappa shape index (κ2) is 11.2. The van der Waals surface area contributed by atoms with Crippen LogP contribution in [-0.4, -0.2) is 23.6 Å². The minimum atomic E-state index is -4.75. The Morgan fingerprint density at radius 1 is 0.972 bits per heavy atom. The van der Waals surface area contributed by atoms with Gasteiger partial charge in [0.1, 0.15) is 17.4 Å². The Labute approximate surface area is 203 Å². The number of aromatic carboxylic acids is 1. The Morgan fingerprint density at radius 2 is 1.72 bits per heavy atom. The molecule has 0 aromatic heterocycles. The fourth-order valence-electron chi connectivity index (χ4n) is 3.38. The molecule has 190 valence electrons. The summed E-state index contributed by atoms with van der Waals surface area (Å²) in [6.45, 7) is 2.14. The first-order chi connectivity index (χ1) is 17.0. The number of hydrogen-bond donors (Lipinski definition) is 2. The zero-order valence-corrected chi connectivity index (χ0v) is 19.1. The monoisotopic (exact) mass is 507 g/mol. The number of nitrogens with one attached hydrogen (secondary N) is 1. The van der Waals surface area contributed by atoms with Crippen molar-refractivity contribution in [1.82, 2.24) is 5.32 Å². The van der Waals surface area contributed by atoms with Crippen molar-refractivity contribution in [2.24, 2.45) is 0 Å². The highest BCUT2D eigenvalue weighted by Gasteiger charge is 2.31. The van der Waals surface area contributed by atoms with E-state index in [1.165, 1.54) is 18.2 Å². The van der Waals surface area contributed by atoms with Crippen molar-refractivity contribution in [2.45, 2.75) is 32.5 Å². The second-order valence-electron chi connectivity index (χ2n) is 7.90. The van der Waals surface area contributed by atoms with Crippen LogP contribution >= 0.6 is 0 Å². The van der Waals surface area contributed by atoms with Crippen LogP contribution in [0.4, 0.5) is 22.0 Å². The summed E-state index contributed by atoms with van der Waals surface area (Å²) in [6.07, 6.45) is -3.15. The van der Waals surface area contributed by atoms with E-state index >= 15 is 0 Å². The molecule has 36 heavy (non-hydrogen) atoms. The number of carbonyl (C=O) groups is 2. The molecule has 10 heteroatoms. The van der Waals surface area contributed by atoms with Crippen LogP contribution in [0.3, 0.4) is 0 Å². The normalized spacial score (nSPS) is 11.3. The summed E-state index contributed by atoms with van der Waals surface area (Å²) >= 11 is 0. The van der Waals surface area contributed by atoms with Crippen LogP contribution in [0.25, 0.3) is 11.1 Å². The summed E-state index contributed by atoms with van der Waals surface area (Å²) in [5.74, 6) is -3.93. The van der Waals surface area contributed by atoms with E-state index in [4.69, 9.17) is 9.84 Å². The fourth-order valence-corrected chi connectivity index (χ4v) is 3.38. The van der Waals surface area contributed by atoms with Gasteiger partial charge in [0.15, 0.2) is 0 Å². The molecule has 0 aliphatic carbocycles. The van der Waals surface area contributed by atoms with Gasteiger partial charge in [-0.1, -0.05) is 25.5 Å². The van der Waals surface area contributed by atoms with E-state index in [2.05, 4.69) is 5.32 Å². The molecule has 0 aliphatic rings. The number of rotatable bonds is 9. The molecule has 0 radical (unpaired) electrons. The first-order valence-corrected chi connectivity index (χ1v) is 10.9. The van der Waals surface area contributed by atoms with E-state index in [9.17, 15) is 31.5 Å². The molecule has 0 aliphatic heterocycles.